The summed E-state index contributed by atoms with van der Waals surface area (Å²) >= 11 is 0. The number of hydrogen-bond acceptors (Lipinski definition) is 4. The summed E-state index contributed by atoms with van der Waals surface area (Å²) in [6.07, 6.45) is 0.931. The van der Waals surface area contributed by atoms with Gasteiger partial charge in [0.05, 0.1) is 6.42 Å². The average Bonchev–Trinajstić information content (AvgIpc) is 2.40. The number of carbonyl (C=O) groups is 1. The number of ether oxygens (including phenoxy) is 1. The van der Waals surface area contributed by atoms with E-state index in [-0.39, 0.29) is 18.6 Å². The number of aliphatic carboxylic acids is 1. The Hall–Kier alpha value is -2.63. The Morgan fingerprint density at radius 1 is 1.27 bits per heavy atom. The minimum Gasteiger partial charge on any atom is -0.485 e. The minimum atomic E-state index is -1.07. The lowest BCUT2D eigenvalue weighted by Gasteiger charge is -2.12. The van der Waals surface area contributed by atoms with Crippen molar-refractivity contribution in [2.24, 2.45) is 0 Å². The standard InChI is InChI=1S/C16H18N2O4/c1-9-4-10(2)15(11(3)5-9)22-8-13-17-7-12(6-14(19)20)16(21)18-13/h4-5,7H,6,8H2,1-3H3,(H,19,20)(H,17,18,21). The molecule has 6 nitrogen and oxygen atoms in total. The van der Waals surface area contributed by atoms with Gasteiger partial charge in [-0.1, -0.05) is 17.7 Å². The van der Waals surface area contributed by atoms with Gasteiger partial charge < -0.3 is 14.8 Å². The number of aryl methyl sites for hydroxylation is 3. The molecule has 0 saturated heterocycles. The number of nitrogens with one attached hydrogen (secondary N) is 1. The maximum atomic E-state index is 11.8. The fourth-order valence-electron chi connectivity index (χ4n) is 2.36. The van der Waals surface area contributed by atoms with E-state index in [0.717, 1.165) is 22.4 Å². The Labute approximate surface area is 127 Å². The first-order chi connectivity index (χ1) is 10.4. The van der Waals surface area contributed by atoms with Crippen molar-refractivity contribution < 1.29 is 14.6 Å². The molecule has 0 fully saturated rings. The minimum absolute atomic E-state index is 0.118. The van der Waals surface area contributed by atoms with E-state index in [9.17, 15) is 9.59 Å². The van der Waals surface area contributed by atoms with E-state index in [2.05, 4.69) is 9.97 Å². The second-order valence-corrected chi connectivity index (χ2v) is 5.27. The average molecular weight is 302 g/mol. The molecule has 2 aromatic rings. The molecule has 1 aromatic heterocycles. The zero-order chi connectivity index (χ0) is 16.3. The molecule has 1 heterocycles. The topological polar surface area (TPSA) is 92.3 Å². The second kappa shape index (κ2) is 6.43. The quantitative estimate of drug-likeness (QED) is 0.880. The smallest absolute Gasteiger partial charge is 0.308 e. The highest BCUT2D eigenvalue weighted by Crippen LogP contribution is 2.25. The molecule has 0 aliphatic heterocycles. The lowest BCUT2D eigenvalue weighted by Crippen LogP contribution is -2.19. The summed E-state index contributed by atoms with van der Waals surface area (Å²) in [6.45, 7) is 6.06. The van der Waals surface area contributed by atoms with Crippen LogP contribution < -0.4 is 10.3 Å². The van der Waals surface area contributed by atoms with E-state index in [1.54, 1.807) is 0 Å². The lowest BCUT2D eigenvalue weighted by atomic mass is 10.1. The molecule has 0 saturated carbocycles. The molecule has 6 heteroatoms. The Morgan fingerprint density at radius 3 is 2.45 bits per heavy atom. The molecule has 2 N–H and O–H groups in total. The number of rotatable bonds is 5. The summed E-state index contributed by atoms with van der Waals surface area (Å²) < 4.78 is 5.74. The van der Waals surface area contributed by atoms with E-state index in [0.29, 0.717) is 5.82 Å². The SMILES string of the molecule is Cc1cc(C)c(OCc2ncc(CC(=O)O)c(=O)[nH]2)c(C)c1. The molecule has 0 unspecified atom stereocenters. The van der Waals surface area contributed by atoms with Crippen molar-refractivity contribution in [1.29, 1.82) is 0 Å². The van der Waals surface area contributed by atoms with Crippen LogP contribution in [0.5, 0.6) is 5.75 Å². The first-order valence-electron chi connectivity index (χ1n) is 6.86. The van der Waals surface area contributed by atoms with Gasteiger partial charge in [-0.25, -0.2) is 4.98 Å². The maximum absolute atomic E-state index is 11.8. The van der Waals surface area contributed by atoms with Crippen molar-refractivity contribution in [3.8, 4) is 5.75 Å². The van der Waals surface area contributed by atoms with Gasteiger partial charge in [0.1, 0.15) is 18.2 Å². The Kier molecular flexibility index (Phi) is 4.60. The molecule has 0 aliphatic carbocycles. The van der Waals surface area contributed by atoms with Crippen molar-refractivity contribution in [3.05, 3.63) is 56.8 Å². The number of aromatic nitrogens is 2. The van der Waals surface area contributed by atoms with Crippen LogP contribution in [0.15, 0.2) is 23.1 Å². The van der Waals surface area contributed by atoms with Crippen LogP contribution in [-0.2, 0) is 17.8 Å². The fraction of sp³-hybridized carbons (Fsp3) is 0.312. The number of aromatic amines is 1. The summed E-state index contributed by atoms with van der Waals surface area (Å²) in [4.78, 5) is 29.0. The highest BCUT2D eigenvalue weighted by molar-refractivity contribution is 5.69. The zero-order valence-corrected chi connectivity index (χ0v) is 12.8. The van der Waals surface area contributed by atoms with Gasteiger partial charge in [0.2, 0.25) is 0 Å². The van der Waals surface area contributed by atoms with Gasteiger partial charge in [0, 0.05) is 11.8 Å². The van der Waals surface area contributed by atoms with E-state index >= 15 is 0 Å². The Balaban J connectivity index is 2.14. The van der Waals surface area contributed by atoms with Crippen LogP contribution >= 0.6 is 0 Å². The number of carboxylic acid groups (broad SMARTS) is 1. The lowest BCUT2D eigenvalue weighted by molar-refractivity contribution is -0.136. The van der Waals surface area contributed by atoms with Gasteiger partial charge in [-0.15, -0.1) is 0 Å². The summed E-state index contributed by atoms with van der Waals surface area (Å²) in [7, 11) is 0. The third kappa shape index (κ3) is 3.72. The largest absolute Gasteiger partial charge is 0.485 e. The van der Waals surface area contributed by atoms with Gasteiger partial charge in [-0.3, -0.25) is 9.59 Å². The summed E-state index contributed by atoms with van der Waals surface area (Å²) in [5, 5.41) is 8.69. The molecular weight excluding hydrogens is 284 g/mol. The van der Waals surface area contributed by atoms with E-state index < -0.39 is 11.5 Å². The third-order valence-corrected chi connectivity index (χ3v) is 3.23. The van der Waals surface area contributed by atoms with E-state index in [4.69, 9.17) is 9.84 Å². The van der Waals surface area contributed by atoms with Crippen LogP contribution in [-0.4, -0.2) is 21.0 Å². The molecule has 1 aromatic carbocycles. The molecule has 116 valence electrons. The molecule has 0 amide bonds. The molecule has 0 spiro atoms. The Morgan fingerprint density at radius 2 is 1.91 bits per heavy atom. The van der Waals surface area contributed by atoms with Gasteiger partial charge in [-0.05, 0) is 31.9 Å². The zero-order valence-electron chi connectivity index (χ0n) is 12.8. The molecule has 0 bridgehead atoms. The van der Waals surface area contributed by atoms with Gasteiger partial charge in [0.15, 0.2) is 0 Å². The third-order valence-electron chi connectivity index (χ3n) is 3.23. The van der Waals surface area contributed by atoms with Crippen LogP contribution in [0.3, 0.4) is 0 Å². The predicted molar refractivity (Wildman–Crippen MR) is 81.2 cm³/mol. The van der Waals surface area contributed by atoms with E-state index in [1.165, 1.54) is 6.20 Å². The molecular formula is C16H18N2O4. The molecule has 0 atom stereocenters. The molecule has 22 heavy (non-hydrogen) atoms. The second-order valence-electron chi connectivity index (χ2n) is 5.27. The normalized spacial score (nSPS) is 10.5. The molecule has 0 radical (unpaired) electrons. The fourth-order valence-corrected chi connectivity index (χ4v) is 2.36. The molecule has 2 rings (SSSR count). The first-order valence-corrected chi connectivity index (χ1v) is 6.86. The number of hydrogen-bond donors (Lipinski definition) is 2. The van der Waals surface area contributed by atoms with Crippen LogP contribution in [0.25, 0.3) is 0 Å². The van der Waals surface area contributed by atoms with Crippen molar-refractivity contribution in [3.63, 3.8) is 0 Å². The number of benzene rings is 1. The van der Waals surface area contributed by atoms with Crippen LogP contribution in [0.4, 0.5) is 0 Å². The monoisotopic (exact) mass is 302 g/mol. The number of H-pyrrole nitrogens is 1. The molecule has 0 aliphatic rings. The number of carboxylic acids is 1. The van der Waals surface area contributed by atoms with Crippen LogP contribution in [0.1, 0.15) is 28.1 Å². The predicted octanol–water partition coefficient (Wildman–Crippen LogP) is 1.90. The van der Waals surface area contributed by atoms with Crippen molar-refractivity contribution in [2.75, 3.05) is 0 Å². The number of nitrogens with zero attached hydrogens (tertiary/aromatic N) is 1. The van der Waals surface area contributed by atoms with Crippen molar-refractivity contribution in [2.45, 2.75) is 33.8 Å². The van der Waals surface area contributed by atoms with Crippen LogP contribution in [0.2, 0.25) is 0 Å². The maximum Gasteiger partial charge on any atom is 0.308 e. The highest BCUT2D eigenvalue weighted by Gasteiger charge is 2.09. The Bertz CT molecular complexity index is 742. The highest BCUT2D eigenvalue weighted by atomic mass is 16.5. The van der Waals surface area contributed by atoms with Crippen molar-refractivity contribution >= 4 is 5.97 Å². The van der Waals surface area contributed by atoms with Crippen LogP contribution in [0, 0.1) is 20.8 Å². The van der Waals surface area contributed by atoms with Crippen molar-refractivity contribution in [1.82, 2.24) is 9.97 Å². The first kappa shape index (κ1) is 15.8. The van der Waals surface area contributed by atoms with E-state index in [1.807, 2.05) is 32.9 Å². The summed E-state index contributed by atoms with van der Waals surface area (Å²) in [6, 6.07) is 4.04. The van der Waals surface area contributed by atoms with Gasteiger partial charge in [0.25, 0.3) is 5.56 Å². The van der Waals surface area contributed by atoms with Gasteiger partial charge >= 0.3 is 5.97 Å². The summed E-state index contributed by atoms with van der Waals surface area (Å²) in [5.41, 5.74) is 2.86. The van der Waals surface area contributed by atoms with Gasteiger partial charge in [-0.2, -0.15) is 0 Å². The summed E-state index contributed by atoms with van der Waals surface area (Å²) in [5.74, 6) is 0.0589.